The number of hydrogen-bond acceptors (Lipinski definition) is 4. The van der Waals surface area contributed by atoms with Gasteiger partial charge in [-0.15, -0.1) is 0 Å². The Hall–Kier alpha value is -1.63. The van der Waals surface area contributed by atoms with Gasteiger partial charge in [-0.1, -0.05) is 0 Å². The minimum absolute atomic E-state index is 0.123. The third-order valence-corrected chi connectivity index (χ3v) is 2.18. The molecule has 0 aromatic carbocycles. The van der Waals surface area contributed by atoms with Crippen molar-refractivity contribution in [2.75, 3.05) is 13.2 Å². The molecule has 0 aliphatic heterocycles. The van der Waals surface area contributed by atoms with Crippen molar-refractivity contribution >= 4 is 17.8 Å². The van der Waals surface area contributed by atoms with E-state index >= 15 is 0 Å². The van der Waals surface area contributed by atoms with E-state index in [0.29, 0.717) is 19.6 Å². The lowest BCUT2D eigenvalue weighted by molar-refractivity contribution is -0.143. The zero-order valence-corrected chi connectivity index (χ0v) is 10.3. The van der Waals surface area contributed by atoms with E-state index in [1.54, 1.807) is 0 Å². The van der Waals surface area contributed by atoms with E-state index in [2.05, 4.69) is 5.32 Å². The average molecular weight is 261 g/mol. The van der Waals surface area contributed by atoms with Crippen LogP contribution in [0, 0.1) is 0 Å². The molecule has 0 rings (SSSR count). The molecule has 7 nitrogen and oxygen atoms in total. The number of amides is 1. The minimum Gasteiger partial charge on any atom is -0.481 e. The second-order valence-electron chi connectivity index (χ2n) is 3.69. The van der Waals surface area contributed by atoms with Gasteiger partial charge in [-0.25, -0.2) is 4.79 Å². The summed E-state index contributed by atoms with van der Waals surface area (Å²) < 4.78 is 5.04. The fourth-order valence-corrected chi connectivity index (χ4v) is 1.27. The normalized spacial score (nSPS) is 11.8. The minimum atomic E-state index is -1.23. The van der Waals surface area contributed by atoms with Crippen molar-refractivity contribution in [3.8, 4) is 0 Å². The van der Waals surface area contributed by atoms with E-state index in [-0.39, 0.29) is 19.3 Å². The molecule has 0 heterocycles. The zero-order chi connectivity index (χ0) is 14.0. The van der Waals surface area contributed by atoms with Crippen LogP contribution in [0.25, 0.3) is 0 Å². The Bertz CT molecular complexity index is 291. The number of nitrogens with one attached hydrogen (secondary N) is 1. The Kier molecular flexibility index (Phi) is 8.55. The quantitative estimate of drug-likeness (QED) is 0.485. The van der Waals surface area contributed by atoms with Gasteiger partial charge in [-0.2, -0.15) is 0 Å². The predicted molar refractivity (Wildman–Crippen MR) is 62.2 cm³/mol. The molecule has 18 heavy (non-hydrogen) atoms. The van der Waals surface area contributed by atoms with Crippen LogP contribution in [0.3, 0.4) is 0 Å². The van der Waals surface area contributed by atoms with Crippen LogP contribution in [-0.2, 0) is 19.1 Å². The topological polar surface area (TPSA) is 113 Å². The molecule has 1 amide bonds. The molecule has 0 saturated heterocycles. The van der Waals surface area contributed by atoms with E-state index in [0.717, 1.165) is 0 Å². The smallest absolute Gasteiger partial charge is 0.326 e. The standard InChI is InChI=1S/C11H19NO6/c1-2-18-7-3-4-9(13)12-8(11(16)17)5-6-10(14)15/h8H,2-7H2,1H3,(H,12,13)(H,14,15)(H,16,17). The van der Waals surface area contributed by atoms with Crippen LogP contribution >= 0.6 is 0 Å². The molecule has 0 bridgehead atoms. The summed E-state index contributed by atoms with van der Waals surface area (Å²) >= 11 is 0. The lowest BCUT2D eigenvalue weighted by Crippen LogP contribution is -2.41. The molecule has 1 unspecified atom stereocenters. The maximum absolute atomic E-state index is 11.4. The maximum atomic E-state index is 11.4. The third kappa shape index (κ3) is 8.51. The number of aliphatic carboxylic acids is 2. The summed E-state index contributed by atoms with van der Waals surface area (Å²) in [5, 5.41) is 19.6. The van der Waals surface area contributed by atoms with Gasteiger partial charge in [0.15, 0.2) is 0 Å². The molecule has 3 N–H and O–H groups in total. The second-order valence-corrected chi connectivity index (χ2v) is 3.69. The van der Waals surface area contributed by atoms with Crippen molar-refractivity contribution in [3.05, 3.63) is 0 Å². The first kappa shape index (κ1) is 16.4. The zero-order valence-electron chi connectivity index (χ0n) is 10.3. The van der Waals surface area contributed by atoms with Crippen LogP contribution in [-0.4, -0.2) is 47.3 Å². The van der Waals surface area contributed by atoms with Gasteiger partial charge in [0, 0.05) is 26.1 Å². The molecular formula is C11H19NO6. The SMILES string of the molecule is CCOCCCC(=O)NC(CCC(=O)O)C(=O)O. The fraction of sp³-hybridized carbons (Fsp3) is 0.727. The van der Waals surface area contributed by atoms with E-state index in [1.807, 2.05) is 6.92 Å². The number of ether oxygens (including phenoxy) is 1. The fourth-order valence-electron chi connectivity index (χ4n) is 1.27. The van der Waals surface area contributed by atoms with E-state index in [4.69, 9.17) is 14.9 Å². The Morgan fingerprint density at radius 2 is 1.89 bits per heavy atom. The second kappa shape index (κ2) is 9.41. The van der Waals surface area contributed by atoms with Crippen LogP contribution in [0.4, 0.5) is 0 Å². The van der Waals surface area contributed by atoms with Gasteiger partial charge in [-0.3, -0.25) is 9.59 Å². The lowest BCUT2D eigenvalue weighted by atomic mass is 10.1. The first-order chi connectivity index (χ1) is 8.47. The number of carbonyl (C=O) groups is 3. The van der Waals surface area contributed by atoms with Gasteiger partial charge in [-0.05, 0) is 19.8 Å². The molecule has 0 aliphatic rings. The lowest BCUT2D eigenvalue weighted by Gasteiger charge is -2.13. The Balaban J connectivity index is 3.96. The molecule has 0 saturated carbocycles. The molecule has 0 aliphatic carbocycles. The number of carbonyl (C=O) groups excluding carboxylic acids is 1. The summed E-state index contributed by atoms with van der Waals surface area (Å²) in [6.45, 7) is 2.85. The Labute approximate surface area is 105 Å². The van der Waals surface area contributed by atoms with E-state index in [1.165, 1.54) is 0 Å². The van der Waals surface area contributed by atoms with Crippen molar-refractivity contribution in [1.82, 2.24) is 5.32 Å². The monoisotopic (exact) mass is 261 g/mol. The van der Waals surface area contributed by atoms with E-state index in [9.17, 15) is 14.4 Å². The van der Waals surface area contributed by atoms with Crippen molar-refractivity contribution in [3.63, 3.8) is 0 Å². The van der Waals surface area contributed by atoms with Gasteiger partial charge in [0.1, 0.15) is 6.04 Å². The first-order valence-corrected chi connectivity index (χ1v) is 5.79. The number of rotatable bonds is 10. The van der Waals surface area contributed by atoms with Crippen LogP contribution in [0.2, 0.25) is 0 Å². The summed E-state index contributed by atoms with van der Waals surface area (Å²) in [4.78, 5) is 32.5. The molecule has 1 atom stereocenters. The van der Waals surface area contributed by atoms with Gasteiger partial charge in [0.05, 0.1) is 0 Å². The van der Waals surface area contributed by atoms with Crippen molar-refractivity contribution in [1.29, 1.82) is 0 Å². The van der Waals surface area contributed by atoms with Gasteiger partial charge in [0.25, 0.3) is 0 Å². The number of hydrogen-bond donors (Lipinski definition) is 3. The van der Waals surface area contributed by atoms with Crippen LogP contribution < -0.4 is 5.32 Å². The molecule has 0 fully saturated rings. The van der Waals surface area contributed by atoms with Gasteiger partial charge in [0.2, 0.25) is 5.91 Å². The predicted octanol–water partition coefficient (Wildman–Crippen LogP) is 0.237. The molecule has 0 aromatic heterocycles. The van der Waals surface area contributed by atoms with E-state index < -0.39 is 23.9 Å². The summed E-state index contributed by atoms with van der Waals surface area (Å²) in [6, 6.07) is -1.15. The van der Waals surface area contributed by atoms with Crippen molar-refractivity contribution in [2.24, 2.45) is 0 Å². The number of carboxylic acids is 2. The highest BCUT2D eigenvalue weighted by molar-refractivity contribution is 5.83. The summed E-state index contributed by atoms with van der Waals surface area (Å²) in [7, 11) is 0. The first-order valence-electron chi connectivity index (χ1n) is 5.79. The average Bonchev–Trinajstić information content (AvgIpc) is 2.29. The molecule has 0 spiro atoms. The Morgan fingerprint density at radius 3 is 2.39 bits per heavy atom. The summed E-state index contributed by atoms with van der Waals surface area (Å²) in [6.07, 6.45) is 0.250. The molecular weight excluding hydrogens is 242 g/mol. The maximum Gasteiger partial charge on any atom is 0.326 e. The number of carboxylic acid groups (broad SMARTS) is 2. The van der Waals surface area contributed by atoms with Crippen LogP contribution in [0.15, 0.2) is 0 Å². The highest BCUT2D eigenvalue weighted by Gasteiger charge is 2.20. The largest absolute Gasteiger partial charge is 0.481 e. The molecule has 0 radical (unpaired) electrons. The summed E-state index contributed by atoms with van der Waals surface area (Å²) in [5.41, 5.74) is 0. The van der Waals surface area contributed by atoms with Crippen LogP contribution in [0.1, 0.15) is 32.6 Å². The third-order valence-electron chi connectivity index (χ3n) is 2.18. The highest BCUT2D eigenvalue weighted by Crippen LogP contribution is 2.00. The van der Waals surface area contributed by atoms with Gasteiger partial charge < -0.3 is 20.3 Å². The summed E-state index contributed by atoms with van der Waals surface area (Å²) in [5.74, 6) is -2.73. The Morgan fingerprint density at radius 1 is 1.22 bits per heavy atom. The van der Waals surface area contributed by atoms with Crippen molar-refractivity contribution < 1.29 is 29.3 Å². The molecule has 7 heteroatoms. The van der Waals surface area contributed by atoms with Crippen molar-refractivity contribution in [2.45, 2.75) is 38.6 Å². The molecule has 104 valence electrons. The van der Waals surface area contributed by atoms with Gasteiger partial charge >= 0.3 is 11.9 Å². The van der Waals surface area contributed by atoms with Crippen LogP contribution in [0.5, 0.6) is 0 Å². The highest BCUT2D eigenvalue weighted by atomic mass is 16.5. The molecule has 0 aromatic rings.